The van der Waals surface area contributed by atoms with Crippen molar-refractivity contribution in [2.24, 2.45) is 17.6 Å². The van der Waals surface area contributed by atoms with Crippen molar-refractivity contribution in [1.82, 2.24) is 0 Å². The summed E-state index contributed by atoms with van der Waals surface area (Å²) in [6, 6.07) is 0. The van der Waals surface area contributed by atoms with Crippen molar-refractivity contribution in [3.63, 3.8) is 0 Å². The molecule has 1 aliphatic rings. The Morgan fingerprint density at radius 2 is 2.06 bits per heavy atom. The highest BCUT2D eigenvalue weighted by atomic mass is 32.2. The Hall–Kier alpha value is 0.110. The van der Waals surface area contributed by atoms with Crippen LogP contribution in [0, 0.1) is 11.8 Å². The number of unbranched alkanes of at least 4 members (excludes halogenated alkanes) is 2. The molecule has 1 rings (SSSR count). The van der Waals surface area contributed by atoms with E-state index in [1.165, 1.54) is 25.7 Å². The van der Waals surface area contributed by atoms with E-state index < -0.39 is 10.8 Å². The summed E-state index contributed by atoms with van der Waals surface area (Å²) in [4.78, 5) is 0. The lowest BCUT2D eigenvalue weighted by Crippen LogP contribution is -2.37. The normalized spacial score (nSPS) is 32.6. The largest absolute Gasteiger partial charge is 0.330 e. The van der Waals surface area contributed by atoms with E-state index in [1.807, 2.05) is 0 Å². The minimum atomic E-state index is -0.639. The molecule has 4 unspecified atom stereocenters. The fraction of sp³-hybridized carbons (Fsp3) is 1.00. The van der Waals surface area contributed by atoms with Gasteiger partial charge in [-0.1, -0.05) is 33.1 Å². The van der Waals surface area contributed by atoms with E-state index in [1.54, 1.807) is 0 Å². The lowest BCUT2D eigenvalue weighted by Gasteiger charge is -2.33. The molecule has 0 aliphatic heterocycles. The molecule has 0 aromatic heterocycles. The summed E-state index contributed by atoms with van der Waals surface area (Å²) >= 11 is 0. The van der Waals surface area contributed by atoms with Gasteiger partial charge in [-0.3, -0.25) is 4.21 Å². The van der Waals surface area contributed by atoms with Crippen molar-refractivity contribution in [2.75, 3.05) is 12.3 Å². The van der Waals surface area contributed by atoms with Crippen LogP contribution in [0.3, 0.4) is 0 Å². The first kappa shape index (κ1) is 14.2. The number of hydrogen-bond acceptors (Lipinski definition) is 2. The van der Waals surface area contributed by atoms with Crippen molar-refractivity contribution in [3.8, 4) is 0 Å². The molecule has 0 saturated heterocycles. The van der Waals surface area contributed by atoms with E-state index in [9.17, 15) is 4.21 Å². The highest BCUT2D eigenvalue weighted by Gasteiger charge is 2.31. The molecule has 1 saturated carbocycles. The van der Waals surface area contributed by atoms with Gasteiger partial charge in [0, 0.05) is 21.8 Å². The zero-order valence-corrected chi connectivity index (χ0v) is 11.6. The molecular weight excluding hydrogens is 218 g/mol. The zero-order chi connectivity index (χ0) is 12.0. The second-order valence-electron chi connectivity index (χ2n) is 5.24. The quantitative estimate of drug-likeness (QED) is 0.731. The fourth-order valence-electron chi connectivity index (χ4n) is 2.63. The van der Waals surface area contributed by atoms with Gasteiger partial charge in [0.15, 0.2) is 0 Å². The Morgan fingerprint density at radius 1 is 1.31 bits per heavy atom. The molecule has 0 spiro atoms. The van der Waals surface area contributed by atoms with E-state index in [4.69, 9.17) is 5.73 Å². The predicted molar refractivity (Wildman–Crippen MR) is 71.9 cm³/mol. The van der Waals surface area contributed by atoms with Crippen molar-refractivity contribution in [2.45, 2.75) is 57.6 Å². The lowest BCUT2D eigenvalue weighted by atomic mass is 9.82. The summed E-state index contributed by atoms with van der Waals surface area (Å²) < 4.78 is 12.2. The molecule has 2 nitrogen and oxygen atoms in total. The third-order valence-corrected chi connectivity index (χ3v) is 5.72. The topological polar surface area (TPSA) is 43.1 Å². The summed E-state index contributed by atoms with van der Waals surface area (Å²) in [5, 5.41) is 0.380. The Bertz CT molecular complexity index is 220. The zero-order valence-electron chi connectivity index (χ0n) is 10.8. The average molecular weight is 245 g/mol. The maximum Gasteiger partial charge on any atom is 0.0390 e. The Morgan fingerprint density at radius 3 is 2.69 bits per heavy atom. The molecule has 0 aromatic rings. The second kappa shape index (κ2) is 7.44. The molecule has 1 fully saturated rings. The monoisotopic (exact) mass is 245 g/mol. The van der Waals surface area contributed by atoms with E-state index in [0.29, 0.717) is 11.2 Å². The molecule has 0 radical (unpaired) electrons. The van der Waals surface area contributed by atoms with Gasteiger partial charge in [-0.15, -0.1) is 0 Å². The highest BCUT2D eigenvalue weighted by molar-refractivity contribution is 7.85. The number of rotatable bonds is 6. The number of hydrogen-bond donors (Lipinski definition) is 1. The van der Waals surface area contributed by atoms with Crippen LogP contribution in [0.4, 0.5) is 0 Å². The first-order valence-corrected chi connectivity index (χ1v) is 8.14. The maximum atomic E-state index is 12.2. The molecule has 0 aromatic carbocycles. The molecule has 0 bridgehead atoms. The molecule has 96 valence electrons. The molecule has 16 heavy (non-hydrogen) atoms. The van der Waals surface area contributed by atoms with Crippen molar-refractivity contribution < 1.29 is 4.21 Å². The Labute approximate surface area is 103 Å². The van der Waals surface area contributed by atoms with Crippen LogP contribution in [0.5, 0.6) is 0 Å². The molecule has 1 aliphatic carbocycles. The SMILES string of the molecule is CCCCCS(=O)C1CC(C)CCC1CN. The van der Waals surface area contributed by atoms with Gasteiger partial charge in [-0.25, -0.2) is 0 Å². The van der Waals surface area contributed by atoms with Crippen LogP contribution in [0.1, 0.15) is 52.4 Å². The lowest BCUT2D eigenvalue weighted by molar-refractivity contribution is 0.302. The van der Waals surface area contributed by atoms with Crippen LogP contribution in [0.2, 0.25) is 0 Å². The molecular formula is C13H27NOS. The van der Waals surface area contributed by atoms with E-state index in [2.05, 4.69) is 13.8 Å². The van der Waals surface area contributed by atoms with E-state index in [0.717, 1.165) is 31.1 Å². The molecule has 3 heteroatoms. The van der Waals surface area contributed by atoms with E-state index in [-0.39, 0.29) is 0 Å². The van der Waals surface area contributed by atoms with Gasteiger partial charge >= 0.3 is 0 Å². The first-order chi connectivity index (χ1) is 7.69. The third kappa shape index (κ3) is 4.17. The van der Waals surface area contributed by atoms with Crippen LogP contribution in [0.25, 0.3) is 0 Å². The predicted octanol–water partition coefficient (Wildman–Crippen LogP) is 2.69. The minimum absolute atomic E-state index is 0.380. The summed E-state index contributed by atoms with van der Waals surface area (Å²) in [6.07, 6.45) is 7.11. The van der Waals surface area contributed by atoms with Crippen LogP contribution in [-0.4, -0.2) is 21.8 Å². The van der Waals surface area contributed by atoms with E-state index >= 15 is 0 Å². The van der Waals surface area contributed by atoms with Gasteiger partial charge in [-0.05, 0) is 37.6 Å². The van der Waals surface area contributed by atoms with Gasteiger partial charge in [0.05, 0.1) is 0 Å². The molecule has 0 heterocycles. The highest BCUT2D eigenvalue weighted by Crippen LogP contribution is 2.31. The smallest absolute Gasteiger partial charge is 0.0390 e. The first-order valence-electron chi connectivity index (χ1n) is 6.76. The molecule has 2 N–H and O–H groups in total. The molecule has 4 atom stereocenters. The van der Waals surface area contributed by atoms with Crippen molar-refractivity contribution in [1.29, 1.82) is 0 Å². The van der Waals surface area contributed by atoms with Gasteiger partial charge in [0.2, 0.25) is 0 Å². The van der Waals surface area contributed by atoms with Gasteiger partial charge < -0.3 is 5.73 Å². The summed E-state index contributed by atoms with van der Waals surface area (Å²) in [5.74, 6) is 2.14. The summed E-state index contributed by atoms with van der Waals surface area (Å²) in [7, 11) is -0.639. The van der Waals surface area contributed by atoms with Crippen LogP contribution < -0.4 is 5.73 Å². The standard InChI is InChI=1S/C13H27NOS/c1-3-4-5-8-16(15)13-9-11(2)6-7-12(13)10-14/h11-13H,3-10,14H2,1-2H3. The number of nitrogens with two attached hydrogens (primary N) is 1. The minimum Gasteiger partial charge on any atom is -0.330 e. The summed E-state index contributed by atoms with van der Waals surface area (Å²) in [6.45, 7) is 5.19. The Balaban J connectivity index is 2.43. The van der Waals surface area contributed by atoms with Gasteiger partial charge in [0.1, 0.15) is 0 Å². The van der Waals surface area contributed by atoms with Crippen LogP contribution in [-0.2, 0) is 10.8 Å². The third-order valence-electron chi connectivity index (χ3n) is 3.78. The second-order valence-corrected chi connectivity index (χ2v) is 7.02. The molecule has 0 amide bonds. The van der Waals surface area contributed by atoms with Gasteiger partial charge in [-0.2, -0.15) is 0 Å². The average Bonchev–Trinajstić information content (AvgIpc) is 2.29. The fourth-order valence-corrected chi connectivity index (χ4v) is 4.64. The van der Waals surface area contributed by atoms with Crippen LogP contribution >= 0.6 is 0 Å². The van der Waals surface area contributed by atoms with Gasteiger partial charge in [0.25, 0.3) is 0 Å². The van der Waals surface area contributed by atoms with Crippen LogP contribution in [0.15, 0.2) is 0 Å². The van der Waals surface area contributed by atoms with Crippen molar-refractivity contribution >= 4 is 10.8 Å². The summed E-state index contributed by atoms with van der Waals surface area (Å²) in [5.41, 5.74) is 5.80. The van der Waals surface area contributed by atoms with Crippen molar-refractivity contribution in [3.05, 3.63) is 0 Å². The Kier molecular flexibility index (Phi) is 6.59. The maximum absolute atomic E-state index is 12.2.